The van der Waals surface area contributed by atoms with Gasteiger partial charge in [-0.2, -0.15) is 0 Å². The van der Waals surface area contributed by atoms with Crippen LogP contribution < -0.4 is 4.90 Å². The lowest BCUT2D eigenvalue weighted by Crippen LogP contribution is -2.53. The molecule has 0 unspecified atom stereocenters. The molecule has 1 amide bonds. The maximum Gasteiger partial charge on any atom is 0.253 e. The minimum Gasteiger partial charge on any atom is -0.387 e. The Kier molecular flexibility index (Phi) is 6.39. The molecule has 1 aromatic heterocycles. The molecule has 3 aromatic rings. The first kappa shape index (κ1) is 22.6. The SMILES string of the molecule is Cc1nccn1Cc1cccc(C(=O)N2CC[C@@](O)(CN3CCN(c4ccccc4)CC3)C2)c1. The number of aliphatic hydroxyl groups is 1. The number of amides is 1. The van der Waals surface area contributed by atoms with Crippen molar-refractivity contribution in [2.45, 2.75) is 25.5 Å². The van der Waals surface area contributed by atoms with Gasteiger partial charge in [0.2, 0.25) is 0 Å². The molecule has 2 aromatic carbocycles. The van der Waals surface area contributed by atoms with Crippen LogP contribution in [0.1, 0.15) is 28.2 Å². The summed E-state index contributed by atoms with van der Waals surface area (Å²) < 4.78 is 2.07. The van der Waals surface area contributed by atoms with Gasteiger partial charge in [-0.15, -0.1) is 0 Å². The molecule has 1 atom stereocenters. The number of hydrogen-bond acceptors (Lipinski definition) is 5. The molecule has 1 N–H and O–H groups in total. The van der Waals surface area contributed by atoms with Crippen molar-refractivity contribution in [3.63, 3.8) is 0 Å². The summed E-state index contributed by atoms with van der Waals surface area (Å²) in [7, 11) is 0. The highest BCUT2D eigenvalue weighted by Crippen LogP contribution is 2.26. The molecule has 178 valence electrons. The third-order valence-electron chi connectivity index (χ3n) is 7.08. The molecule has 2 saturated heterocycles. The zero-order valence-electron chi connectivity index (χ0n) is 19.8. The minimum absolute atomic E-state index is 0.00553. The first-order valence-electron chi connectivity index (χ1n) is 12.1. The molecule has 7 heteroatoms. The highest BCUT2D eigenvalue weighted by atomic mass is 16.3. The number of anilines is 1. The van der Waals surface area contributed by atoms with E-state index in [2.05, 4.69) is 43.6 Å². The van der Waals surface area contributed by atoms with Crippen LogP contribution in [0.4, 0.5) is 5.69 Å². The fourth-order valence-electron chi connectivity index (χ4n) is 5.13. The van der Waals surface area contributed by atoms with Gasteiger partial charge in [0.1, 0.15) is 5.82 Å². The molecule has 0 bridgehead atoms. The fourth-order valence-corrected chi connectivity index (χ4v) is 5.13. The maximum atomic E-state index is 13.2. The van der Waals surface area contributed by atoms with Crippen LogP contribution in [0.25, 0.3) is 0 Å². The maximum absolute atomic E-state index is 13.2. The average Bonchev–Trinajstić information content (AvgIpc) is 3.45. The summed E-state index contributed by atoms with van der Waals surface area (Å²) in [4.78, 5) is 24.0. The van der Waals surface area contributed by atoms with Crippen molar-refractivity contribution < 1.29 is 9.90 Å². The Balaban J connectivity index is 1.16. The largest absolute Gasteiger partial charge is 0.387 e. The number of carbonyl (C=O) groups is 1. The quantitative estimate of drug-likeness (QED) is 0.614. The van der Waals surface area contributed by atoms with Gasteiger partial charge in [0, 0.05) is 69.5 Å². The van der Waals surface area contributed by atoms with Crippen molar-refractivity contribution in [1.29, 1.82) is 0 Å². The van der Waals surface area contributed by atoms with E-state index in [9.17, 15) is 9.90 Å². The van der Waals surface area contributed by atoms with E-state index in [0.29, 0.717) is 38.2 Å². The van der Waals surface area contributed by atoms with Crippen LogP contribution in [0.5, 0.6) is 0 Å². The highest BCUT2D eigenvalue weighted by molar-refractivity contribution is 5.94. The second-order valence-electron chi connectivity index (χ2n) is 9.60. The molecule has 34 heavy (non-hydrogen) atoms. The highest BCUT2D eigenvalue weighted by Gasteiger charge is 2.40. The second kappa shape index (κ2) is 9.60. The van der Waals surface area contributed by atoms with Gasteiger partial charge in [0.05, 0.1) is 12.1 Å². The molecule has 0 saturated carbocycles. The molecule has 2 fully saturated rings. The number of nitrogens with zero attached hydrogens (tertiary/aromatic N) is 5. The summed E-state index contributed by atoms with van der Waals surface area (Å²) in [5.74, 6) is 0.944. The lowest BCUT2D eigenvalue weighted by atomic mass is 10.0. The van der Waals surface area contributed by atoms with E-state index < -0.39 is 5.60 Å². The van der Waals surface area contributed by atoms with Crippen LogP contribution in [0.15, 0.2) is 67.0 Å². The average molecular weight is 460 g/mol. The summed E-state index contributed by atoms with van der Waals surface area (Å²) >= 11 is 0. The van der Waals surface area contributed by atoms with Gasteiger partial charge < -0.3 is 19.5 Å². The number of β-amino-alcohol motifs (C(OH)–C–C–N with tert-alkyl or cyclic N) is 1. The van der Waals surface area contributed by atoms with Crippen LogP contribution in [-0.2, 0) is 6.54 Å². The van der Waals surface area contributed by atoms with Crippen molar-refractivity contribution in [1.82, 2.24) is 19.4 Å². The van der Waals surface area contributed by atoms with Crippen LogP contribution >= 0.6 is 0 Å². The number of benzene rings is 2. The first-order chi connectivity index (χ1) is 16.5. The summed E-state index contributed by atoms with van der Waals surface area (Å²) in [6, 6.07) is 18.3. The van der Waals surface area contributed by atoms with Gasteiger partial charge in [0.25, 0.3) is 5.91 Å². The van der Waals surface area contributed by atoms with Gasteiger partial charge in [-0.3, -0.25) is 9.69 Å². The third kappa shape index (κ3) is 5.00. The summed E-state index contributed by atoms with van der Waals surface area (Å²) in [5.41, 5.74) is 2.15. The third-order valence-corrected chi connectivity index (χ3v) is 7.08. The molecular weight excluding hydrogens is 426 g/mol. The second-order valence-corrected chi connectivity index (χ2v) is 9.60. The fraction of sp³-hybridized carbons (Fsp3) is 0.407. The summed E-state index contributed by atoms with van der Waals surface area (Å²) in [6.07, 6.45) is 4.35. The standard InChI is InChI=1S/C27H33N5O2/c1-22-28-11-13-31(22)19-23-6-5-7-24(18-23)26(33)32-12-10-27(34,21-32)20-29-14-16-30(17-15-29)25-8-3-2-4-9-25/h2-9,11,13,18,34H,10,12,14-17,19-21H2,1H3/t27-/m1/s1. The molecule has 7 nitrogen and oxygen atoms in total. The van der Waals surface area contributed by atoms with Crippen LogP contribution in [0, 0.1) is 6.92 Å². The molecule has 2 aliphatic rings. The summed E-state index contributed by atoms with van der Waals surface area (Å²) in [5, 5.41) is 11.3. The van der Waals surface area contributed by atoms with Crippen LogP contribution in [0.2, 0.25) is 0 Å². The van der Waals surface area contributed by atoms with Crippen molar-refractivity contribution in [2.75, 3.05) is 50.7 Å². The number of hydrogen-bond donors (Lipinski definition) is 1. The molecule has 2 aliphatic heterocycles. The number of aromatic nitrogens is 2. The van der Waals surface area contributed by atoms with Crippen molar-refractivity contribution >= 4 is 11.6 Å². The van der Waals surface area contributed by atoms with Crippen molar-refractivity contribution in [3.05, 3.63) is 83.9 Å². The lowest BCUT2D eigenvalue weighted by Gasteiger charge is -2.39. The van der Waals surface area contributed by atoms with E-state index >= 15 is 0 Å². The number of carbonyl (C=O) groups excluding carboxylic acids is 1. The molecule has 3 heterocycles. The van der Waals surface area contributed by atoms with Gasteiger partial charge in [-0.1, -0.05) is 30.3 Å². The Morgan fingerprint density at radius 2 is 1.82 bits per heavy atom. The Bertz CT molecular complexity index is 1120. The van der Waals surface area contributed by atoms with E-state index in [-0.39, 0.29) is 5.91 Å². The number of likely N-dealkylation sites (tertiary alicyclic amines) is 1. The van der Waals surface area contributed by atoms with Gasteiger partial charge >= 0.3 is 0 Å². The predicted octanol–water partition coefficient (Wildman–Crippen LogP) is 2.64. The van der Waals surface area contributed by atoms with Crippen LogP contribution in [-0.4, -0.2) is 81.8 Å². The molecule has 0 radical (unpaired) electrons. The molecule has 0 aliphatic carbocycles. The number of imidazole rings is 1. The zero-order chi connectivity index (χ0) is 23.5. The Hall–Kier alpha value is -3.16. The van der Waals surface area contributed by atoms with E-state index in [0.717, 1.165) is 37.6 Å². The number of para-hydroxylation sites is 1. The van der Waals surface area contributed by atoms with Crippen molar-refractivity contribution in [3.8, 4) is 0 Å². The predicted molar refractivity (Wildman–Crippen MR) is 133 cm³/mol. The van der Waals surface area contributed by atoms with E-state index in [1.165, 1.54) is 5.69 Å². The molecule has 5 rings (SSSR count). The van der Waals surface area contributed by atoms with E-state index in [1.54, 1.807) is 6.20 Å². The molecule has 0 spiro atoms. The number of rotatable bonds is 6. The zero-order valence-corrected chi connectivity index (χ0v) is 19.8. The minimum atomic E-state index is -0.851. The Morgan fingerprint density at radius 3 is 2.56 bits per heavy atom. The number of piperazine rings is 1. The van der Waals surface area contributed by atoms with E-state index in [1.807, 2.05) is 48.4 Å². The lowest BCUT2D eigenvalue weighted by molar-refractivity contribution is 0.0103. The van der Waals surface area contributed by atoms with Gasteiger partial charge in [0.15, 0.2) is 0 Å². The van der Waals surface area contributed by atoms with Gasteiger partial charge in [-0.05, 0) is 43.2 Å². The topological polar surface area (TPSA) is 64.8 Å². The van der Waals surface area contributed by atoms with Crippen molar-refractivity contribution in [2.24, 2.45) is 0 Å². The normalized spacial score (nSPS) is 21.2. The monoisotopic (exact) mass is 459 g/mol. The van der Waals surface area contributed by atoms with Gasteiger partial charge in [-0.25, -0.2) is 4.98 Å². The first-order valence-corrected chi connectivity index (χ1v) is 12.1. The number of aryl methyl sites for hydroxylation is 1. The Labute approximate surface area is 201 Å². The smallest absolute Gasteiger partial charge is 0.253 e. The summed E-state index contributed by atoms with van der Waals surface area (Å²) in [6.45, 7) is 7.98. The van der Waals surface area contributed by atoms with Crippen LogP contribution in [0.3, 0.4) is 0 Å². The molecular formula is C27H33N5O2. The van der Waals surface area contributed by atoms with E-state index in [4.69, 9.17) is 0 Å². The Morgan fingerprint density at radius 1 is 1.03 bits per heavy atom.